The molecule has 20 heavy (non-hydrogen) atoms. The van der Waals surface area contributed by atoms with Gasteiger partial charge in [0.2, 0.25) is 0 Å². The van der Waals surface area contributed by atoms with Crippen LogP contribution in [-0.2, 0) is 9.84 Å². The highest BCUT2D eigenvalue weighted by molar-refractivity contribution is 7.91. The van der Waals surface area contributed by atoms with Crippen LogP contribution >= 0.6 is 0 Å². The van der Waals surface area contributed by atoms with Crippen molar-refractivity contribution in [3.05, 3.63) is 30.5 Å². The Morgan fingerprint density at radius 1 is 1.30 bits per heavy atom. The van der Waals surface area contributed by atoms with E-state index in [-0.39, 0.29) is 17.5 Å². The van der Waals surface area contributed by atoms with E-state index in [4.69, 9.17) is 0 Å². The van der Waals surface area contributed by atoms with Gasteiger partial charge in [0.25, 0.3) is 0 Å². The van der Waals surface area contributed by atoms with Crippen molar-refractivity contribution in [3.63, 3.8) is 0 Å². The molecule has 1 fully saturated rings. The summed E-state index contributed by atoms with van der Waals surface area (Å²) in [6.45, 7) is 1.22. The van der Waals surface area contributed by atoms with Gasteiger partial charge in [0.05, 0.1) is 40.6 Å². The minimum atomic E-state index is -2.91. The first-order valence-electron chi connectivity index (χ1n) is 6.73. The van der Waals surface area contributed by atoms with Gasteiger partial charge >= 0.3 is 0 Å². The lowest BCUT2D eigenvalue weighted by atomic mass is 10.1. The van der Waals surface area contributed by atoms with Crippen LogP contribution in [0, 0.1) is 0 Å². The predicted molar refractivity (Wildman–Crippen MR) is 80.0 cm³/mol. The number of hydrogen-bond donors (Lipinski definition) is 1. The Balaban J connectivity index is 1.90. The number of sulfone groups is 1. The molecule has 1 aromatic heterocycles. The van der Waals surface area contributed by atoms with E-state index in [1.165, 1.54) is 0 Å². The normalized spacial score (nSPS) is 23.8. The Labute approximate surface area is 117 Å². The highest BCUT2D eigenvalue weighted by atomic mass is 32.2. The summed E-state index contributed by atoms with van der Waals surface area (Å²) in [5, 5.41) is 4.41. The molecule has 1 aromatic carbocycles. The topological polar surface area (TPSA) is 62.3 Å². The minimum Gasteiger partial charge on any atom is -0.380 e. The van der Waals surface area contributed by atoms with E-state index < -0.39 is 9.84 Å². The van der Waals surface area contributed by atoms with Crippen LogP contribution in [0.15, 0.2) is 30.5 Å². The van der Waals surface area contributed by atoms with E-state index in [1.54, 1.807) is 0 Å². The number of hydrogen-bond acceptors (Lipinski definition) is 5. The summed E-state index contributed by atoms with van der Waals surface area (Å²) in [4.78, 5) is 6.69. The number of fused-ring (bicyclic) bond motifs is 5. The second-order valence-electron chi connectivity index (χ2n) is 5.38. The molecule has 4 rings (SSSR count). The third-order valence-electron chi connectivity index (χ3n) is 4.09. The summed E-state index contributed by atoms with van der Waals surface area (Å²) in [6.07, 6.45) is 1.84. The van der Waals surface area contributed by atoms with Crippen LogP contribution in [0.3, 0.4) is 0 Å². The van der Waals surface area contributed by atoms with Gasteiger partial charge in [-0.25, -0.2) is 8.42 Å². The van der Waals surface area contributed by atoms with Crippen LogP contribution in [0.1, 0.15) is 0 Å². The largest absolute Gasteiger partial charge is 0.380 e. The molecule has 1 unspecified atom stereocenters. The summed E-state index contributed by atoms with van der Waals surface area (Å²) in [6, 6.07) is 8.02. The number of anilines is 2. The summed E-state index contributed by atoms with van der Waals surface area (Å²) < 4.78 is 23.6. The highest BCUT2D eigenvalue weighted by Crippen LogP contribution is 2.38. The lowest BCUT2D eigenvalue weighted by Gasteiger charge is -2.42. The van der Waals surface area contributed by atoms with E-state index in [0.717, 1.165) is 22.3 Å². The van der Waals surface area contributed by atoms with Crippen molar-refractivity contribution in [1.82, 2.24) is 4.98 Å². The molecule has 1 N–H and O–H groups in total. The first-order chi connectivity index (χ1) is 9.64. The number of benzene rings is 1. The van der Waals surface area contributed by atoms with Gasteiger partial charge < -0.3 is 10.2 Å². The molecular formula is C14H15N3O2S. The Morgan fingerprint density at radius 2 is 2.15 bits per heavy atom. The number of nitrogens with one attached hydrogen (secondary N) is 1. The van der Waals surface area contributed by atoms with E-state index in [1.807, 2.05) is 30.5 Å². The zero-order valence-corrected chi connectivity index (χ0v) is 11.7. The van der Waals surface area contributed by atoms with Crippen molar-refractivity contribution in [2.45, 2.75) is 6.04 Å². The molecule has 0 spiro atoms. The molecule has 2 aromatic rings. The molecule has 0 saturated carbocycles. The standard InChI is InChI=1S/C14H15N3O2S/c18-20(19)6-5-17-10(9-20)7-15-13-8-16-12-4-2-1-3-11(12)14(13)17/h1-4,8,10,15H,5-7,9H2. The smallest absolute Gasteiger partial charge is 0.154 e. The first-order valence-corrected chi connectivity index (χ1v) is 8.55. The first kappa shape index (κ1) is 12.0. The maximum Gasteiger partial charge on any atom is 0.154 e. The zero-order chi connectivity index (χ0) is 13.7. The van der Waals surface area contributed by atoms with Gasteiger partial charge in [0.1, 0.15) is 0 Å². The quantitative estimate of drug-likeness (QED) is 0.791. The molecule has 0 amide bonds. The van der Waals surface area contributed by atoms with Gasteiger partial charge in [-0.15, -0.1) is 0 Å². The van der Waals surface area contributed by atoms with Gasteiger partial charge in [0, 0.05) is 18.5 Å². The van der Waals surface area contributed by atoms with Crippen molar-refractivity contribution in [1.29, 1.82) is 0 Å². The predicted octanol–water partition coefficient (Wildman–Crippen LogP) is 1.26. The van der Waals surface area contributed by atoms with Crippen LogP contribution in [0.25, 0.3) is 10.9 Å². The molecule has 0 aliphatic carbocycles. The number of para-hydroxylation sites is 1. The SMILES string of the molecule is O=S1(=O)CCN2c3c(cnc4ccccc34)NCC2C1. The molecule has 3 heterocycles. The molecule has 1 saturated heterocycles. The Bertz CT molecular complexity index is 788. The van der Waals surface area contributed by atoms with Gasteiger partial charge in [-0.05, 0) is 6.07 Å². The van der Waals surface area contributed by atoms with Crippen molar-refractivity contribution < 1.29 is 8.42 Å². The van der Waals surface area contributed by atoms with Crippen molar-refractivity contribution >= 4 is 32.1 Å². The molecule has 5 nitrogen and oxygen atoms in total. The third-order valence-corrected chi connectivity index (χ3v) is 5.79. The van der Waals surface area contributed by atoms with Gasteiger partial charge in [-0.3, -0.25) is 4.98 Å². The van der Waals surface area contributed by atoms with Crippen molar-refractivity contribution in [2.24, 2.45) is 0 Å². The van der Waals surface area contributed by atoms with Crippen molar-refractivity contribution in [2.75, 3.05) is 34.8 Å². The maximum absolute atomic E-state index is 11.8. The minimum absolute atomic E-state index is 0.0204. The Hall–Kier alpha value is -1.82. The summed E-state index contributed by atoms with van der Waals surface area (Å²) >= 11 is 0. The van der Waals surface area contributed by atoms with Crippen molar-refractivity contribution in [3.8, 4) is 0 Å². The second kappa shape index (κ2) is 4.09. The lowest BCUT2D eigenvalue weighted by Crippen LogP contribution is -2.54. The average molecular weight is 289 g/mol. The summed E-state index contributed by atoms with van der Waals surface area (Å²) in [7, 11) is -2.91. The monoisotopic (exact) mass is 289 g/mol. The fraction of sp³-hybridized carbons (Fsp3) is 0.357. The van der Waals surface area contributed by atoms with Gasteiger partial charge in [0.15, 0.2) is 9.84 Å². The molecular weight excluding hydrogens is 274 g/mol. The number of nitrogens with zero attached hydrogens (tertiary/aromatic N) is 2. The van der Waals surface area contributed by atoms with E-state index in [0.29, 0.717) is 13.1 Å². The summed E-state index contributed by atoms with van der Waals surface area (Å²) in [5.74, 6) is 0.468. The lowest BCUT2D eigenvalue weighted by molar-refractivity contribution is 0.560. The van der Waals surface area contributed by atoms with E-state index >= 15 is 0 Å². The fourth-order valence-corrected chi connectivity index (χ4v) is 4.67. The molecule has 1 atom stereocenters. The van der Waals surface area contributed by atoms with E-state index in [2.05, 4.69) is 15.2 Å². The molecule has 2 aliphatic rings. The van der Waals surface area contributed by atoms with Crippen LogP contribution < -0.4 is 10.2 Å². The van der Waals surface area contributed by atoms with Crippen LogP contribution in [-0.4, -0.2) is 44.0 Å². The summed E-state index contributed by atoms with van der Waals surface area (Å²) in [5.41, 5.74) is 3.04. The Kier molecular flexibility index (Phi) is 2.44. The molecule has 6 heteroatoms. The van der Waals surface area contributed by atoms with Crippen LogP contribution in [0.4, 0.5) is 11.4 Å². The molecule has 0 bridgehead atoms. The third kappa shape index (κ3) is 1.75. The van der Waals surface area contributed by atoms with E-state index in [9.17, 15) is 8.42 Å². The average Bonchev–Trinajstić information content (AvgIpc) is 2.45. The maximum atomic E-state index is 11.8. The zero-order valence-electron chi connectivity index (χ0n) is 10.9. The molecule has 0 radical (unpaired) electrons. The molecule has 104 valence electrons. The van der Waals surface area contributed by atoms with Gasteiger partial charge in [-0.1, -0.05) is 18.2 Å². The van der Waals surface area contributed by atoms with Gasteiger partial charge in [-0.2, -0.15) is 0 Å². The van der Waals surface area contributed by atoms with Crippen LogP contribution in [0.5, 0.6) is 0 Å². The highest BCUT2D eigenvalue weighted by Gasteiger charge is 2.35. The van der Waals surface area contributed by atoms with Crippen LogP contribution in [0.2, 0.25) is 0 Å². The second-order valence-corrected chi connectivity index (χ2v) is 7.61. The number of pyridine rings is 1. The number of aromatic nitrogens is 1. The Morgan fingerprint density at radius 3 is 3.05 bits per heavy atom. The molecule has 2 aliphatic heterocycles. The fourth-order valence-electron chi connectivity index (χ4n) is 3.14. The number of rotatable bonds is 0.